The maximum Gasteiger partial charge on any atom is 0.410 e. The van der Waals surface area contributed by atoms with Crippen molar-refractivity contribution in [3.05, 3.63) is 12.3 Å². The number of ether oxygens (including phenoxy) is 2. The Labute approximate surface area is 154 Å². The molecule has 1 aromatic heterocycles. The standard InChI is InChI=1S/C18H27N5O3/c1-17(2,3)26-16(24)23-12-18(13-23)10-22(11-18)15-8-14(9-19-20-15)21-4-6-25-7-5-21/h8-9H,4-7,10-13H2,1-3H3. The SMILES string of the molecule is CC(C)(C)OC(=O)N1CC2(C1)CN(c1cc(N3CCOCC3)cnn1)C2. The number of carbonyl (C=O) groups is 1. The van der Waals surface area contributed by atoms with Crippen molar-refractivity contribution in [2.75, 3.05) is 62.3 Å². The molecule has 0 N–H and O–H groups in total. The molecular formula is C18H27N5O3. The second kappa shape index (κ2) is 6.26. The van der Waals surface area contributed by atoms with Crippen LogP contribution in [0.4, 0.5) is 16.3 Å². The van der Waals surface area contributed by atoms with Crippen LogP contribution in [0, 0.1) is 5.41 Å². The number of hydrogen-bond acceptors (Lipinski definition) is 7. The van der Waals surface area contributed by atoms with E-state index in [1.807, 2.05) is 27.0 Å². The fourth-order valence-electron chi connectivity index (χ4n) is 3.84. The van der Waals surface area contributed by atoms with Crippen molar-refractivity contribution in [3.63, 3.8) is 0 Å². The van der Waals surface area contributed by atoms with E-state index < -0.39 is 5.60 Å². The van der Waals surface area contributed by atoms with E-state index in [1.165, 1.54) is 0 Å². The van der Waals surface area contributed by atoms with E-state index in [0.29, 0.717) is 0 Å². The van der Waals surface area contributed by atoms with Gasteiger partial charge in [-0.1, -0.05) is 0 Å². The first-order valence-electron chi connectivity index (χ1n) is 9.22. The van der Waals surface area contributed by atoms with E-state index in [4.69, 9.17) is 9.47 Å². The zero-order valence-corrected chi connectivity index (χ0v) is 15.8. The van der Waals surface area contributed by atoms with Gasteiger partial charge in [-0.25, -0.2) is 4.79 Å². The molecule has 142 valence electrons. The number of hydrogen-bond donors (Lipinski definition) is 0. The summed E-state index contributed by atoms with van der Waals surface area (Å²) in [6, 6.07) is 2.11. The molecule has 3 saturated heterocycles. The van der Waals surface area contributed by atoms with Crippen LogP contribution in [0.15, 0.2) is 12.3 Å². The van der Waals surface area contributed by atoms with Crippen molar-refractivity contribution in [1.82, 2.24) is 15.1 Å². The first kappa shape index (κ1) is 17.3. The second-order valence-electron chi connectivity index (χ2n) is 8.56. The average molecular weight is 361 g/mol. The largest absolute Gasteiger partial charge is 0.444 e. The van der Waals surface area contributed by atoms with Crippen molar-refractivity contribution in [2.24, 2.45) is 5.41 Å². The Morgan fingerprint density at radius 2 is 1.85 bits per heavy atom. The van der Waals surface area contributed by atoms with Gasteiger partial charge in [0.1, 0.15) is 5.60 Å². The van der Waals surface area contributed by atoms with Gasteiger partial charge in [-0.3, -0.25) is 0 Å². The monoisotopic (exact) mass is 361 g/mol. The highest BCUT2D eigenvalue weighted by molar-refractivity contribution is 5.70. The van der Waals surface area contributed by atoms with Crippen LogP contribution in [-0.2, 0) is 9.47 Å². The molecule has 0 aromatic carbocycles. The van der Waals surface area contributed by atoms with E-state index in [-0.39, 0.29) is 11.5 Å². The molecule has 4 rings (SSSR count). The minimum atomic E-state index is -0.443. The molecule has 1 spiro atoms. The summed E-state index contributed by atoms with van der Waals surface area (Å²) < 4.78 is 10.8. The molecule has 1 aromatic rings. The lowest BCUT2D eigenvalue weighted by molar-refractivity contribution is -0.0455. The lowest BCUT2D eigenvalue weighted by Gasteiger charge is -2.60. The topological polar surface area (TPSA) is 71.0 Å². The minimum Gasteiger partial charge on any atom is -0.444 e. The highest BCUT2D eigenvalue weighted by atomic mass is 16.6. The van der Waals surface area contributed by atoms with Crippen molar-refractivity contribution in [1.29, 1.82) is 0 Å². The predicted octanol–water partition coefficient (Wildman–Crippen LogP) is 1.37. The molecule has 26 heavy (non-hydrogen) atoms. The molecule has 8 heteroatoms. The van der Waals surface area contributed by atoms with Gasteiger partial charge in [0.25, 0.3) is 0 Å². The van der Waals surface area contributed by atoms with Gasteiger partial charge in [-0.15, -0.1) is 5.10 Å². The molecule has 3 fully saturated rings. The molecule has 0 saturated carbocycles. The summed E-state index contributed by atoms with van der Waals surface area (Å²) in [5.41, 5.74) is 0.845. The van der Waals surface area contributed by atoms with Crippen LogP contribution >= 0.6 is 0 Å². The van der Waals surface area contributed by atoms with E-state index in [2.05, 4.69) is 26.1 Å². The van der Waals surface area contributed by atoms with Gasteiger partial charge in [0, 0.05) is 50.7 Å². The molecule has 1 amide bonds. The summed E-state index contributed by atoms with van der Waals surface area (Å²) in [5, 5.41) is 8.47. The maximum atomic E-state index is 12.1. The predicted molar refractivity (Wildman–Crippen MR) is 97.5 cm³/mol. The number of anilines is 2. The lowest BCUT2D eigenvalue weighted by atomic mass is 9.73. The third-order valence-electron chi connectivity index (χ3n) is 5.08. The Kier molecular flexibility index (Phi) is 4.17. The summed E-state index contributed by atoms with van der Waals surface area (Å²) >= 11 is 0. The summed E-state index contributed by atoms with van der Waals surface area (Å²) in [6.07, 6.45) is 1.61. The van der Waals surface area contributed by atoms with Gasteiger partial charge in [0.05, 0.1) is 25.1 Å². The van der Waals surface area contributed by atoms with Crippen LogP contribution in [0.5, 0.6) is 0 Å². The molecule has 3 aliphatic heterocycles. The van der Waals surface area contributed by atoms with Gasteiger partial charge in [0.2, 0.25) is 0 Å². The van der Waals surface area contributed by atoms with Gasteiger partial charge in [0.15, 0.2) is 5.82 Å². The number of likely N-dealkylation sites (tertiary alicyclic amines) is 1. The van der Waals surface area contributed by atoms with Crippen LogP contribution in [0.1, 0.15) is 20.8 Å². The van der Waals surface area contributed by atoms with Crippen LogP contribution in [0.25, 0.3) is 0 Å². The van der Waals surface area contributed by atoms with E-state index in [0.717, 1.165) is 64.0 Å². The molecular weight excluding hydrogens is 334 g/mol. The van der Waals surface area contributed by atoms with E-state index >= 15 is 0 Å². The average Bonchev–Trinajstić information content (AvgIpc) is 2.52. The first-order valence-corrected chi connectivity index (χ1v) is 9.22. The van der Waals surface area contributed by atoms with E-state index in [1.54, 1.807) is 4.90 Å². The summed E-state index contributed by atoms with van der Waals surface area (Å²) in [5.74, 6) is 0.912. The number of carbonyl (C=O) groups excluding carboxylic acids is 1. The number of aromatic nitrogens is 2. The number of morpholine rings is 1. The minimum absolute atomic E-state index is 0.188. The molecule has 0 atom stereocenters. The second-order valence-corrected chi connectivity index (χ2v) is 8.56. The molecule has 4 heterocycles. The van der Waals surface area contributed by atoms with Crippen LogP contribution in [0.3, 0.4) is 0 Å². The molecule has 0 radical (unpaired) electrons. The Morgan fingerprint density at radius 3 is 2.50 bits per heavy atom. The number of amides is 1. The molecule has 0 bridgehead atoms. The fraction of sp³-hybridized carbons (Fsp3) is 0.722. The Balaban J connectivity index is 1.31. The van der Waals surface area contributed by atoms with Crippen molar-refractivity contribution >= 4 is 17.6 Å². The Bertz CT molecular complexity index is 670. The molecule has 8 nitrogen and oxygen atoms in total. The normalized spacial score (nSPS) is 22.0. The third kappa shape index (κ3) is 3.42. The smallest absolute Gasteiger partial charge is 0.410 e. The first-order chi connectivity index (χ1) is 12.3. The molecule has 3 aliphatic rings. The Morgan fingerprint density at radius 1 is 1.15 bits per heavy atom. The van der Waals surface area contributed by atoms with Crippen molar-refractivity contribution in [2.45, 2.75) is 26.4 Å². The van der Waals surface area contributed by atoms with Crippen LogP contribution in [0.2, 0.25) is 0 Å². The third-order valence-corrected chi connectivity index (χ3v) is 5.08. The van der Waals surface area contributed by atoms with Gasteiger partial charge < -0.3 is 24.2 Å². The summed E-state index contributed by atoms with van der Waals surface area (Å²) in [6.45, 7) is 12.3. The Hall–Kier alpha value is -2.09. The molecule has 0 aliphatic carbocycles. The quantitative estimate of drug-likeness (QED) is 0.788. The van der Waals surface area contributed by atoms with E-state index in [9.17, 15) is 4.79 Å². The lowest BCUT2D eigenvalue weighted by Crippen LogP contribution is -2.73. The fourth-order valence-corrected chi connectivity index (χ4v) is 3.84. The number of rotatable bonds is 2. The number of nitrogens with zero attached hydrogens (tertiary/aromatic N) is 5. The van der Waals surface area contributed by atoms with Crippen LogP contribution < -0.4 is 9.80 Å². The highest BCUT2D eigenvalue weighted by Crippen LogP contribution is 2.42. The molecule has 0 unspecified atom stereocenters. The zero-order chi connectivity index (χ0) is 18.4. The van der Waals surface area contributed by atoms with Crippen molar-refractivity contribution < 1.29 is 14.3 Å². The van der Waals surface area contributed by atoms with Gasteiger partial charge in [-0.05, 0) is 20.8 Å². The zero-order valence-electron chi connectivity index (χ0n) is 15.8. The van der Waals surface area contributed by atoms with Crippen molar-refractivity contribution in [3.8, 4) is 0 Å². The maximum absolute atomic E-state index is 12.1. The summed E-state index contributed by atoms with van der Waals surface area (Å²) in [7, 11) is 0. The van der Waals surface area contributed by atoms with Gasteiger partial charge >= 0.3 is 6.09 Å². The van der Waals surface area contributed by atoms with Gasteiger partial charge in [-0.2, -0.15) is 5.10 Å². The highest BCUT2D eigenvalue weighted by Gasteiger charge is 2.54. The summed E-state index contributed by atoms with van der Waals surface area (Å²) in [4.78, 5) is 18.4. The van der Waals surface area contributed by atoms with Crippen LogP contribution in [-0.4, -0.2) is 79.3 Å².